The molecule has 1 N–H and O–H groups in total. The molecule has 1 aliphatic carbocycles. The van der Waals surface area contributed by atoms with Gasteiger partial charge in [-0.05, 0) is 39.5 Å². The van der Waals surface area contributed by atoms with E-state index in [0.29, 0.717) is 12.0 Å². The first-order valence-electron chi connectivity index (χ1n) is 10.1. The van der Waals surface area contributed by atoms with Gasteiger partial charge in [0.15, 0.2) is 0 Å². The molecule has 2 fully saturated rings. The molecule has 144 valence electrons. The van der Waals surface area contributed by atoms with E-state index >= 15 is 0 Å². The van der Waals surface area contributed by atoms with E-state index in [-0.39, 0.29) is 23.7 Å². The summed E-state index contributed by atoms with van der Waals surface area (Å²) in [5, 5.41) is 2.74. The summed E-state index contributed by atoms with van der Waals surface area (Å²) in [5.41, 5.74) is 0. The third-order valence-corrected chi connectivity index (χ3v) is 6.09. The van der Waals surface area contributed by atoms with Crippen LogP contribution in [0.4, 0.5) is 0 Å². The van der Waals surface area contributed by atoms with E-state index in [4.69, 9.17) is 0 Å². The standard InChI is InChI=1S/C20H32N4O2/c1-14(2)24-13-10-22-18(24)15-8-11-23(12-9-15)20(26)17-7-5-4-6-16(17)19(25)21-3/h10,13-17H,4-9,11-12H2,1-3H3,(H,21,25)/t16-,17+/m0/s1. The summed E-state index contributed by atoms with van der Waals surface area (Å²) in [7, 11) is 1.67. The highest BCUT2D eigenvalue weighted by Crippen LogP contribution is 2.34. The summed E-state index contributed by atoms with van der Waals surface area (Å²) < 4.78 is 2.24. The number of hydrogen-bond acceptors (Lipinski definition) is 3. The van der Waals surface area contributed by atoms with Gasteiger partial charge in [-0.15, -0.1) is 0 Å². The average Bonchev–Trinajstić information content (AvgIpc) is 3.17. The third-order valence-electron chi connectivity index (χ3n) is 6.09. The van der Waals surface area contributed by atoms with Gasteiger partial charge in [0, 0.05) is 56.3 Å². The Morgan fingerprint density at radius 2 is 1.77 bits per heavy atom. The lowest BCUT2D eigenvalue weighted by atomic mass is 9.77. The quantitative estimate of drug-likeness (QED) is 0.898. The normalized spacial score (nSPS) is 24.7. The van der Waals surface area contributed by atoms with E-state index in [9.17, 15) is 9.59 Å². The summed E-state index contributed by atoms with van der Waals surface area (Å²) in [6.45, 7) is 5.88. The molecular formula is C20H32N4O2. The van der Waals surface area contributed by atoms with E-state index in [0.717, 1.165) is 57.4 Å². The Morgan fingerprint density at radius 3 is 2.38 bits per heavy atom. The van der Waals surface area contributed by atoms with Crippen LogP contribution in [0.5, 0.6) is 0 Å². The highest BCUT2D eigenvalue weighted by atomic mass is 16.2. The summed E-state index contributed by atoms with van der Waals surface area (Å²) in [5.74, 6) is 1.48. The summed E-state index contributed by atoms with van der Waals surface area (Å²) in [6.07, 6.45) is 9.59. The van der Waals surface area contributed by atoms with Crippen molar-refractivity contribution in [1.82, 2.24) is 19.8 Å². The number of piperidine rings is 1. The molecular weight excluding hydrogens is 328 g/mol. The fourth-order valence-corrected chi connectivity index (χ4v) is 4.60. The van der Waals surface area contributed by atoms with E-state index in [1.807, 2.05) is 17.3 Å². The molecule has 1 saturated heterocycles. The molecule has 0 spiro atoms. The van der Waals surface area contributed by atoms with Crippen LogP contribution in [0.3, 0.4) is 0 Å². The summed E-state index contributed by atoms with van der Waals surface area (Å²) >= 11 is 0. The SMILES string of the molecule is CNC(=O)[C@H]1CCCC[C@H]1C(=O)N1CCC(c2nccn2C(C)C)CC1. The molecule has 0 aromatic carbocycles. The zero-order valence-electron chi connectivity index (χ0n) is 16.3. The molecule has 2 heterocycles. The first-order valence-corrected chi connectivity index (χ1v) is 10.1. The van der Waals surface area contributed by atoms with Crippen LogP contribution in [0.15, 0.2) is 12.4 Å². The molecule has 0 bridgehead atoms. The lowest BCUT2D eigenvalue weighted by Crippen LogP contribution is -2.47. The Hall–Kier alpha value is -1.85. The van der Waals surface area contributed by atoms with E-state index < -0.39 is 0 Å². The first-order chi connectivity index (χ1) is 12.5. The van der Waals surface area contributed by atoms with Crippen LogP contribution >= 0.6 is 0 Å². The number of rotatable bonds is 4. The molecule has 2 amide bonds. The molecule has 0 radical (unpaired) electrons. The predicted molar refractivity (Wildman–Crippen MR) is 101 cm³/mol. The van der Waals surface area contributed by atoms with Crippen molar-refractivity contribution in [2.24, 2.45) is 11.8 Å². The molecule has 0 unspecified atom stereocenters. The average molecular weight is 361 g/mol. The van der Waals surface area contributed by atoms with Crippen molar-refractivity contribution in [1.29, 1.82) is 0 Å². The highest BCUT2D eigenvalue weighted by Gasteiger charge is 2.38. The molecule has 2 atom stereocenters. The summed E-state index contributed by atoms with van der Waals surface area (Å²) in [4.78, 5) is 31.8. The molecule has 6 nitrogen and oxygen atoms in total. The van der Waals surface area contributed by atoms with Gasteiger partial charge in [0.25, 0.3) is 0 Å². The van der Waals surface area contributed by atoms with Crippen molar-refractivity contribution < 1.29 is 9.59 Å². The summed E-state index contributed by atoms with van der Waals surface area (Å²) in [6, 6.07) is 0.405. The van der Waals surface area contributed by atoms with Crippen LogP contribution < -0.4 is 5.32 Å². The molecule has 1 saturated carbocycles. The lowest BCUT2D eigenvalue weighted by Gasteiger charge is -2.37. The highest BCUT2D eigenvalue weighted by molar-refractivity contribution is 5.87. The number of amides is 2. The number of carbonyl (C=O) groups excluding carboxylic acids is 2. The zero-order valence-corrected chi connectivity index (χ0v) is 16.3. The van der Waals surface area contributed by atoms with Gasteiger partial charge in [0.05, 0.1) is 0 Å². The van der Waals surface area contributed by atoms with Crippen LogP contribution in [0.1, 0.15) is 70.2 Å². The van der Waals surface area contributed by atoms with Crippen LogP contribution in [0, 0.1) is 11.8 Å². The zero-order chi connectivity index (χ0) is 18.7. The van der Waals surface area contributed by atoms with Crippen molar-refractivity contribution >= 4 is 11.8 Å². The maximum absolute atomic E-state index is 13.1. The van der Waals surface area contributed by atoms with Gasteiger partial charge in [-0.25, -0.2) is 4.98 Å². The van der Waals surface area contributed by atoms with Gasteiger partial charge in [-0.3, -0.25) is 9.59 Å². The molecule has 1 aromatic rings. The second-order valence-corrected chi connectivity index (χ2v) is 8.00. The van der Waals surface area contributed by atoms with E-state index in [1.54, 1.807) is 7.05 Å². The van der Waals surface area contributed by atoms with Crippen molar-refractivity contribution in [2.75, 3.05) is 20.1 Å². The van der Waals surface area contributed by atoms with Crippen LogP contribution in [-0.4, -0.2) is 46.4 Å². The lowest BCUT2D eigenvalue weighted by molar-refractivity contribution is -0.144. The van der Waals surface area contributed by atoms with Crippen LogP contribution in [-0.2, 0) is 9.59 Å². The fraction of sp³-hybridized carbons (Fsp3) is 0.750. The van der Waals surface area contributed by atoms with Gasteiger partial charge >= 0.3 is 0 Å². The third kappa shape index (κ3) is 3.79. The van der Waals surface area contributed by atoms with Crippen LogP contribution in [0.2, 0.25) is 0 Å². The Morgan fingerprint density at radius 1 is 1.12 bits per heavy atom. The monoisotopic (exact) mass is 360 g/mol. The van der Waals surface area contributed by atoms with Gasteiger partial charge in [0.2, 0.25) is 11.8 Å². The number of carbonyl (C=O) groups is 2. The van der Waals surface area contributed by atoms with E-state index in [2.05, 4.69) is 28.7 Å². The molecule has 2 aliphatic rings. The number of nitrogens with zero attached hydrogens (tertiary/aromatic N) is 3. The first kappa shape index (κ1) is 18.9. The van der Waals surface area contributed by atoms with Crippen molar-refractivity contribution in [3.63, 3.8) is 0 Å². The topological polar surface area (TPSA) is 67.2 Å². The minimum absolute atomic E-state index is 0.0249. The minimum atomic E-state index is -0.154. The Kier molecular flexibility index (Phi) is 5.99. The maximum atomic E-state index is 13.1. The second kappa shape index (κ2) is 8.23. The maximum Gasteiger partial charge on any atom is 0.226 e. The van der Waals surface area contributed by atoms with Crippen LogP contribution in [0.25, 0.3) is 0 Å². The fourth-order valence-electron chi connectivity index (χ4n) is 4.60. The Bertz CT molecular complexity index is 632. The Labute approximate surface area is 156 Å². The van der Waals surface area contributed by atoms with Crippen molar-refractivity contribution in [3.05, 3.63) is 18.2 Å². The molecule has 3 rings (SSSR count). The Balaban J connectivity index is 1.62. The second-order valence-electron chi connectivity index (χ2n) is 8.00. The van der Waals surface area contributed by atoms with Gasteiger partial charge in [0.1, 0.15) is 5.82 Å². The minimum Gasteiger partial charge on any atom is -0.359 e. The number of imidazole rings is 1. The van der Waals surface area contributed by atoms with E-state index in [1.165, 1.54) is 0 Å². The van der Waals surface area contributed by atoms with Gasteiger partial charge < -0.3 is 14.8 Å². The number of aromatic nitrogens is 2. The number of likely N-dealkylation sites (tertiary alicyclic amines) is 1. The molecule has 26 heavy (non-hydrogen) atoms. The van der Waals surface area contributed by atoms with Crippen molar-refractivity contribution in [3.8, 4) is 0 Å². The largest absolute Gasteiger partial charge is 0.359 e. The molecule has 6 heteroatoms. The molecule has 1 aromatic heterocycles. The number of hydrogen-bond donors (Lipinski definition) is 1. The van der Waals surface area contributed by atoms with Crippen molar-refractivity contribution in [2.45, 2.75) is 64.3 Å². The number of nitrogens with one attached hydrogen (secondary N) is 1. The van der Waals surface area contributed by atoms with Gasteiger partial charge in [-0.1, -0.05) is 12.8 Å². The predicted octanol–water partition coefficient (Wildman–Crippen LogP) is 2.72. The van der Waals surface area contributed by atoms with Gasteiger partial charge in [-0.2, -0.15) is 0 Å². The smallest absolute Gasteiger partial charge is 0.226 e. The molecule has 1 aliphatic heterocycles.